The van der Waals surface area contributed by atoms with Crippen molar-refractivity contribution < 1.29 is 0 Å². The Labute approximate surface area is 119 Å². The molecule has 1 saturated heterocycles. The van der Waals surface area contributed by atoms with Crippen LogP contribution in [0, 0.1) is 0 Å². The maximum Gasteiger partial charge on any atom is 0.0190 e. The summed E-state index contributed by atoms with van der Waals surface area (Å²) in [7, 11) is 0. The Morgan fingerprint density at radius 3 is 2.21 bits per heavy atom. The van der Waals surface area contributed by atoms with Crippen molar-refractivity contribution in [3.63, 3.8) is 0 Å². The van der Waals surface area contributed by atoms with E-state index in [4.69, 9.17) is 0 Å². The third-order valence-corrected chi connectivity index (χ3v) is 3.58. The van der Waals surface area contributed by atoms with E-state index in [9.17, 15) is 0 Å². The predicted octanol–water partition coefficient (Wildman–Crippen LogP) is 0.817. The van der Waals surface area contributed by atoms with E-state index in [1.54, 1.807) is 0 Å². The molecule has 0 aromatic rings. The molecule has 0 aliphatic carbocycles. The largest absolute Gasteiger partial charge is 0.315 e. The van der Waals surface area contributed by atoms with Crippen LogP contribution < -0.4 is 16.0 Å². The highest BCUT2D eigenvalue weighted by Gasteiger charge is 2.05. The van der Waals surface area contributed by atoms with Gasteiger partial charge in [0.2, 0.25) is 0 Å². The minimum atomic E-state index is 1.08. The number of nitrogens with zero attached hydrogens (tertiary/aromatic N) is 1. The summed E-state index contributed by atoms with van der Waals surface area (Å²) in [5.41, 5.74) is 1.47. The van der Waals surface area contributed by atoms with Gasteiger partial charge in [0.25, 0.3) is 0 Å². The number of allylic oxidation sites excluding steroid dienone is 1. The van der Waals surface area contributed by atoms with E-state index in [1.807, 2.05) is 0 Å². The van der Waals surface area contributed by atoms with Crippen molar-refractivity contribution >= 4 is 0 Å². The molecule has 0 spiro atoms. The average Bonchev–Trinajstić information content (AvgIpc) is 2.42. The summed E-state index contributed by atoms with van der Waals surface area (Å²) >= 11 is 0. The third-order valence-electron chi connectivity index (χ3n) is 3.58. The zero-order valence-electron chi connectivity index (χ0n) is 12.8. The second kappa shape index (κ2) is 11.4. The van der Waals surface area contributed by atoms with Gasteiger partial charge in [-0.05, 0) is 52.9 Å². The molecule has 0 bridgehead atoms. The van der Waals surface area contributed by atoms with Gasteiger partial charge >= 0.3 is 0 Å². The summed E-state index contributed by atoms with van der Waals surface area (Å²) in [6, 6.07) is 0. The SMILES string of the molecule is CC=C(C)CN1CCCNCCNCCCNCC1. The van der Waals surface area contributed by atoms with Gasteiger partial charge in [-0.15, -0.1) is 0 Å². The van der Waals surface area contributed by atoms with Gasteiger partial charge < -0.3 is 16.0 Å². The quantitative estimate of drug-likeness (QED) is 0.649. The van der Waals surface area contributed by atoms with Gasteiger partial charge in [0.15, 0.2) is 0 Å². The molecular formula is C15H32N4. The molecule has 1 heterocycles. The Morgan fingerprint density at radius 1 is 0.895 bits per heavy atom. The second-order valence-electron chi connectivity index (χ2n) is 5.37. The first kappa shape index (κ1) is 16.6. The highest BCUT2D eigenvalue weighted by atomic mass is 15.1. The Balaban J connectivity index is 2.31. The van der Waals surface area contributed by atoms with Crippen molar-refractivity contribution in [2.45, 2.75) is 26.7 Å². The first-order valence-electron chi connectivity index (χ1n) is 7.79. The smallest absolute Gasteiger partial charge is 0.0190 e. The maximum absolute atomic E-state index is 3.54. The normalized spacial score (nSPS) is 22.9. The van der Waals surface area contributed by atoms with Crippen molar-refractivity contribution in [1.29, 1.82) is 0 Å². The molecule has 4 heteroatoms. The summed E-state index contributed by atoms with van der Waals surface area (Å²) in [5.74, 6) is 0. The van der Waals surface area contributed by atoms with E-state index >= 15 is 0 Å². The van der Waals surface area contributed by atoms with Crippen molar-refractivity contribution in [2.24, 2.45) is 0 Å². The van der Waals surface area contributed by atoms with Crippen molar-refractivity contribution in [3.05, 3.63) is 11.6 Å². The van der Waals surface area contributed by atoms with Crippen molar-refractivity contribution in [2.75, 3.05) is 58.9 Å². The first-order valence-corrected chi connectivity index (χ1v) is 7.79. The third kappa shape index (κ3) is 9.16. The molecular weight excluding hydrogens is 236 g/mol. The van der Waals surface area contributed by atoms with Gasteiger partial charge in [0.1, 0.15) is 0 Å². The molecule has 1 aliphatic rings. The molecule has 4 nitrogen and oxygen atoms in total. The molecule has 3 N–H and O–H groups in total. The van der Waals surface area contributed by atoms with Crippen LogP contribution in [0.15, 0.2) is 11.6 Å². The van der Waals surface area contributed by atoms with E-state index in [2.05, 4.69) is 40.8 Å². The van der Waals surface area contributed by atoms with Crippen LogP contribution in [-0.4, -0.2) is 63.8 Å². The van der Waals surface area contributed by atoms with Gasteiger partial charge in [-0.1, -0.05) is 11.6 Å². The van der Waals surface area contributed by atoms with Crippen LogP contribution in [0.5, 0.6) is 0 Å². The highest BCUT2D eigenvalue weighted by Crippen LogP contribution is 1.99. The molecule has 0 atom stereocenters. The van der Waals surface area contributed by atoms with E-state index < -0.39 is 0 Å². The summed E-state index contributed by atoms with van der Waals surface area (Å²) in [4.78, 5) is 2.56. The molecule has 1 aliphatic heterocycles. The molecule has 19 heavy (non-hydrogen) atoms. The maximum atomic E-state index is 3.54. The standard InChI is InChI=1S/C15H32N4/c1-3-15(2)14-19-12-5-8-17-10-9-16-6-4-7-18-11-13-19/h3,16-18H,4-14H2,1-2H3. The van der Waals surface area contributed by atoms with Crippen LogP contribution in [0.25, 0.3) is 0 Å². The molecule has 0 unspecified atom stereocenters. The highest BCUT2D eigenvalue weighted by molar-refractivity contribution is 4.98. The van der Waals surface area contributed by atoms with Crippen molar-refractivity contribution in [1.82, 2.24) is 20.9 Å². The Kier molecular flexibility index (Phi) is 9.99. The first-order chi connectivity index (χ1) is 9.33. The van der Waals surface area contributed by atoms with Gasteiger partial charge in [0.05, 0.1) is 0 Å². The molecule has 0 aromatic carbocycles. The molecule has 1 fully saturated rings. The van der Waals surface area contributed by atoms with Crippen LogP contribution in [0.2, 0.25) is 0 Å². The molecule has 0 amide bonds. The minimum Gasteiger partial charge on any atom is -0.315 e. The summed E-state index contributed by atoms with van der Waals surface area (Å²) < 4.78 is 0. The van der Waals surface area contributed by atoms with Crippen LogP contribution in [-0.2, 0) is 0 Å². The molecule has 112 valence electrons. The fourth-order valence-electron chi connectivity index (χ4n) is 2.27. The lowest BCUT2D eigenvalue weighted by molar-refractivity contribution is 0.288. The van der Waals surface area contributed by atoms with Gasteiger partial charge in [-0.2, -0.15) is 0 Å². The topological polar surface area (TPSA) is 39.3 Å². The average molecular weight is 268 g/mol. The van der Waals surface area contributed by atoms with Crippen LogP contribution >= 0.6 is 0 Å². The van der Waals surface area contributed by atoms with E-state index in [-0.39, 0.29) is 0 Å². The number of nitrogens with one attached hydrogen (secondary N) is 3. The van der Waals surface area contributed by atoms with Crippen LogP contribution in [0.4, 0.5) is 0 Å². The summed E-state index contributed by atoms with van der Waals surface area (Å²) in [6.45, 7) is 14.4. The lowest BCUT2D eigenvalue weighted by atomic mass is 10.2. The molecule has 0 radical (unpaired) electrons. The zero-order valence-corrected chi connectivity index (χ0v) is 12.8. The Bertz CT molecular complexity index is 226. The Hall–Kier alpha value is -0.420. The van der Waals surface area contributed by atoms with E-state index in [0.29, 0.717) is 0 Å². The van der Waals surface area contributed by atoms with Gasteiger partial charge in [0, 0.05) is 32.7 Å². The molecule has 1 rings (SSSR count). The monoisotopic (exact) mass is 268 g/mol. The second-order valence-corrected chi connectivity index (χ2v) is 5.37. The number of hydrogen-bond acceptors (Lipinski definition) is 4. The molecule has 0 aromatic heterocycles. The van der Waals surface area contributed by atoms with E-state index in [1.165, 1.54) is 25.0 Å². The fraction of sp³-hybridized carbons (Fsp3) is 0.867. The lowest BCUT2D eigenvalue weighted by Crippen LogP contribution is -2.37. The summed E-state index contributed by atoms with van der Waals surface area (Å²) in [5, 5.41) is 10.5. The zero-order chi connectivity index (χ0) is 13.8. The van der Waals surface area contributed by atoms with Gasteiger partial charge in [-0.25, -0.2) is 0 Å². The van der Waals surface area contributed by atoms with Crippen molar-refractivity contribution in [3.8, 4) is 0 Å². The predicted molar refractivity (Wildman–Crippen MR) is 83.7 cm³/mol. The van der Waals surface area contributed by atoms with Gasteiger partial charge in [-0.3, -0.25) is 4.90 Å². The Morgan fingerprint density at radius 2 is 1.53 bits per heavy atom. The lowest BCUT2D eigenvalue weighted by Gasteiger charge is -2.23. The number of hydrogen-bond donors (Lipinski definition) is 3. The number of rotatable bonds is 2. The van der Waals surface area contributed by atoms with E-state index in [0.717, 1.165) is 52.4 Å². The molecule has 0 saturated carbocycles. The fourth-order valence-corrected chi connectivity index (χ4v) is 2.27. The minimum absolute atomic E-state index is 1.08. The van der Waals surface area contributed by atoms with Crippen LogP contribution in [0.3, 0.4) is 0 Å². The van der Waals surface area contributed by atoms with Crippen LogP contribution in [0.1, 0.15) is 26.7 Å². The summed E-state index contributed by atoms with van der Waals surface area (Å²) in [6.07, 6.45) is 4.67.